The molecule has 1 aliphatic heterocycles. The molecule has 21 heavy (non-hydrogen) atoms. The standard InChI is InChI=1S/C13H19N3O4S/c17-16(18)13-6-3-5-12(10-13)15-21(19,20)9-7-11-4-1-2-8-14-11/h3,5-6,10-11,14-15H,1-2,4,7-9H2. The molecule has 2 rings (SSSR count). The number of benzene rings is 1. The molecular formula is C13H19N3O4S. The summed E-state index contributed by atoms with van der Waals surface area (Å²) in [4.78, 5) is 10.1. The van der Waals surface area contributed by atoms with Crippen molar-refractivity contribution in [2.45, 2.75) is 31.7 Å². The van der Waals surface area contributed by atoms with E-state index in [1.54, 1.807) is 0 Å². The molecule has 1 heterocycles. The van der Waals surface area contributed by atoms with Crippen molar-refractivity contribution in [1.29, 1.82) is 0 Å². The van der Waals surface area contributed by atoms with Crippen molar-refractivity contribution >= 4 is 21.4 Å². The van der Waals surface area contributed by atoms with Gasteiger partial charge in [-0.15, -0.1) is 0 Å². The molecule has 0 aromatic heterocycles. The average Bonchev–Trinajstić information content (AvgIpc) is 2.46. The van der Waals surface area contributed by atoms with E-state index in [4.69, 9.17) is 0 Å². The number of nitro benzene ring substituents is 1. The second kappa shape index (κ2) is 6.86. The molecule has 8 heteroatoms. The Bertz CT molecular complexity index is 597. The summed E-state index contributed by atoms with van der Waals surface area (Å²) in [5.74, 6) is 0.00730. The van der Waals surface area contributed by atoms with Crippen LogP contribution in [0.2, 0.25) is 0 Å². The lowest BCUT2D eigenvalue weighted by molar-refractivity contribution is -0.384. The summed E-state index contributed by atoms with van der Waals surface area (Å²) < 4.78 is 26.4. The lowest BCUT2D eigenvalue weighted by atomic mass is 10.0. The molecule has 1 fully saturated rings. The van der Waals surface area contributed by atoms with Crippen molar-refractivity contribution in [2.24, 2.45) is 0 Å². The van der Waals surface area contributed by atoms with Gasteiger partial charge in [0.1, 0.15) is 0 Å². The molecule has 2 N–H and O–H groups in total. The zero-order valence-electron chi connectivity index (χ0n) is 11.6. The number of nitrogens with one attached hydrogen (secondary N) is 2. The van der Waals surface area contributed by atoms with Gasteiger partial charge in [0.2, 0.25) is 10.0 Å². The van der Waals surface area contributed by atoms with Gasteiger partial charge in [-0.3, -0.25) is 14.8 Å². The molecule has 0 bridgehead atoms. The summed E-state index contributed by atoms with van der Waals surface area (Å²) in [5.41, 5.74) is 0.0879. The maximum absolute atomic E-state index is 12.0. The number of non-ortho nitro benzene ring substituents is 1. The van der Waals surface area contributed by atoms with Gasteiger partial charge < -0.3 is 5.32 Å². The lowest BCUT2D eigenvalue weighted by Gasteiger charge is -2.23. The first-order valence-corrected chi connectivity index (χ1v) is 8.60. The van der Waals surface area contributed by atoms with Crippen LogP contribution in [0.5, 0.6) is 0 Å². The Labute approximate surface area is 123 Å². The SMILES string of the molecule is O=[N+]([O-])c1cccc(NS(=O)(=O)CCC2CCCCN2)c1. The van der Waals surface area contributed by atoms with E-state index in [1.807, 2.05) is 0 Å². The van der Waals surface area contributed by atoms with Gasteiger partial charge in [-0.25, -0.2) is 8.42 Å². The topological polar surface area (TPSA) is 101 Å². The first kappa shape index (κ1) is 15.7. The normalized spacial score (nSPS) is 19.1. The smallest absolute Gasteiger partial charge is 0.271 e. The number of rotatable bonds is 6. The van der Waals surface area contributed by atoms with Crippen molar-refractivity contribution in [3.8, 4) is 0 Å². The van der Waals surface area contributed by atoms with Gasteiger partial charge in [-0.05, 0) is 31.9 Å². The van der Waals surface area contributed by atoms with Crippen LogP contribution in [0.3, 0.4) is 0 Å². The summed E-state index contributed by atoms with van der Waals surface area (Å²) >= 11 is 0. The third-order valence-electron chi connectivity index (χ3n) is 3.48. The van der Waals surface area contributed by atoms with Crippen LogP contribution >= 0.6 is 0 Å². The molecule has 0 saturated carbocycles. The first-order valence-electron chi connectivity index (χ1n) is 6.94. The Balaban J connectivity index is 1.93. The Morgan fingerprint density at radius 3 is 2.86 bits per heavy atom. The van der Waals surface area contributed by atoms with Gasteiger partial charge in [0.25, 0.3) is 5.69 Å². The van der Waals surface area contributed by atoms with Gasteiger partial charge in [-0.1, -0.05) is 12.5 Å². The summed E-state index contributed by atoms with van der Waals surface area (Å²) in [6, 6.07) is 5.74. The van der Waals surface area contributed by atoms with Crippen molar-refractivity contribution < 1.29 is 13.3 Å². The van der Waals surface area contributed by atoms with Crippen molar-refractivity contribution in [2.75, 3.05) is 17.0 Å². The van der Waals surface area contributed by atoms with Gasteiger partial charge in [0.05, 0.1) is 16.4 Å². The Kier molecular flexibility index (Phi) is 5.13. The highest BCUT2D eigenvalue weighted by atomic mass is 32.2. The minimum atomic E-state index is -3.49. The van der Waals surface area contributed by atoms with Crippen LogP contribution < -0.4 is 10.0 Å². The fourth-order valence-electron chi connectivity index (χ4n) is 2.38. The molecule has 0 radical (unpaired) electrons. The molecule has 116 valence electrons. The van der Waals surface area contributed by atoms with E-state index in [0.29, 0.717) is 6.42 Å². The maximum atomic E-state index is 12.0. The van der Waals surface area contributed by atoms with E-state index in [0.717, 1.165) is 25.8 Å². The quantitative estimate of drug-likeness (QED) is 0.616. The highest BCUT2D eigenvalue weighted by Gasteiger charge is 2.18. The number of hydrogen-bond acceptors (Lipinski definition) is 5. The predicted octanol–water partition coefficient (Wildman–Crippen LogP) is 1.87. The van der Waals surface area contributed by atoms with Crippen LogP contribution in [0.15, 0.2) is 24.3 Å². The summed E-state index contributed by atoms with van der Waals surface area (Å²) in [7, 11) is -3.49. The average molecular weight is 313 g/mol. The Hall–Kier alpha value is -1.67. The van der Waals surface area contributed by atoms with Gasteiger partial charge in [0.15, 0.2) is 0 Å². The second-order valence-corrected chi connectivity index (χ2v) is 7.01. The Morgan fingerprint density at radius 2 is 2.19 bits per heavy atom. The van der Waals surface area contributed by atoms with Gasteiger partial charge in [0, 0.05) is 18.2 Å². The fourth-order valence-corrected chi connectivity index (χ4v) is 3.56. The summed E-state index contributed by atoms with van der Waals surface area (Å²) in [6.45, 7) is 0.934. The number of piperidine rings is 1. The molecule has 1 aromatic rings. The van der Waals surface area contributed by atoms with E-state index in [1.165, 1.54) is 24.3 Å². The predicted molar refractivity (Wildman–Crippen MR) is 80.8 cm³/mol. The van der Waals surface area contributed by atoms with Crippen molar-refractivity contribution in [3.63, 3.8) is 0 Å². The van der Waals surface area contributed by atoms with E-state index < -0.39 is 14.9 Å². The molecule has 0 spiro atoms. The van der Waals surface area contributed by atoms with E-state index in [9.17, 15) is 18.5 Å². The second-order valence-electron chi connectivity index (χ2n) is 5.16. The molecule has 1 unspecified atom stereocenters. The van der Waals surface area contributed by atoms with Crippen molar-refractivity contribution in [1.82, 2.24) is 5.32 Å². The van der Waals surface area contributed by atoms with Crippen LogP contribution in [-0.4, -0.2) is 31.7 Å². The molecule has 1 saturated heterocycles. The minimum absolute atomic E-state index is 0.00730. The number of sulfonamides is 1. The zero-order chi connectivity index (χ0) is 15.3. The van der Waals surface area contributed by atoms with Gasteiger partial charge in [-0.2, -0.15) is 0 Å². The number of hydrogen-bond donors (Lipinski definition) is 2. The van der Waals surface area contributed by atoms with Crippen LogP contribution in [0, 0.1) is 10.1 Å². The van der Waals surface area contributed by atoms with Crippen LogP contribution in [0.4, 0.5) is 11.4 Å². The highest BCUT2D eigenvalue weighted by Crippen LogP contribution is 2.19. The van der Waals surface area contributed by atoms with Crippen LogP contribution in [-0.2, 0) is 10.0 Å². The summed E-state index contributed by atoms with van der Waals surface area (Å²) in [6.07, 6.45) is 3.79. The highest BCUT2D eigenvalue weighted by molar-refractivity contribution is 7.92. The van der Waals surface area contributed by atoms with E-state index in [2.05, 4.69) is 10.0 Å². The summed E-state index contributed by atoms with van der Waals surface area (Å²) in [5, 5.41) is 14.0. The van der Waals surface area contributed by atoms with Crippen molar-refractivity contribution in [3.05, 3.63) is 34.4 Å². The number of nitro groups is 1. The van der Waals surface area contributed by atoms with Crippen LogP contribution in [0.1, 0.15) is 25.7 Å². The maximum Gasteiger partial charge on any atom is 0.271 e. The lowest BCUT2D eigenvalue weighted by Crippen LogP contribution is -2.36. The fraction of sp³-hybridized carbons (Fsp3) is 0.538. The number of anilines is 1. The molecule has 0 amide bonds. The van der Waals surface area contributed by atoms with Gasteiger partial charge >= 0.3 is 0 Å². The Morgan fingerprint density at radius 1 is 1.38 bits per heavy atom. The third kappa shape index (κ3) is 4.98. The van der Waals surface area contributed by atoms with E-state index in [-0.39, 0.29) is 23.2 Å². The molecule has 1 aromatic carbocycles. The largest absolute Gasteiger partial charge is 0.314 e. The minimum Gasteiger partial charge on any atom is -0.314 e. The molecule has 0 aliphatic carbocycles. The van der Waals surface area contributed by atoms with Crippen LogP contribution in [0.25, 0.3) is 0 Å². The molecule has 1 atom stereocenters. The first-order chi connectivity index (χ1) is 9.96. The third-order valence-corrected chi connectivity index (χ3v) is 4.80. The molecule has 1 aliphatic rings. The molecular weight excluding hydrogens is 294 g/mol. The monoisotopic (exact) mass is 313 g/mol. The molecule has 7 nitrogen and oxygen atoms in total. The number of nitrogens with zero attached hydrogens (tertiary/aromatic N) is 1. The zero-order valence-corrected chi connectivity index (χ0v) is 12.4. The van der Waals surface area contributed by atoms with E-state index >= 15 is 0 Å².